The molecule has 0 fully saturated rings. The molecule has 0 radical (unpaired) electrons. The molecule has 0 spiro atoms. The summed E-state index contributed by atoms with van der Waals surface area (Å²) in [4.78, 5) is 51.1. The molecule has 0 unspecified atom stereocenters. The van der Waals surface area contributed by atoms with Gasteiger partial charge in [-0.05, 0) is 62.1 Å². The van der Waals surface area contributed by atoms with Gasteiger partial charge in [0.1, 0.15) is 11.1 Å². The van der Waals surface area contributed by atoms with Crippen LogP contribution in [-0.2, 0) is 13.1 Å². The van der Waals surface area contributed by atoms with Crippen LogP contribution in [0.2, 0.25) is 0 Å². The summed E-state index contributed by atoms with van der Waals surface area (Å²) in [5.41, 5.74) is 2.80. The number of benzene rings is 3. The summed E-state index contributed by atoms with van der Waals surface area (Å²) in [5, 5.41) is 22.9. The molecular formula is C28H30N4O6. The van der Waals surface area contributed by atoms with Crippen molar-refractivity contribution in [2.75, 3.05) is 13.1 Å². The van der Waals surface area contributed by atoms with Crippen molar-refractivity contribution >= 4 is 23.2 Å². The number of hydrogen-bond acceptors (Lipinski definition) is 6. The Balaban J connectivity index is 1.76. The van der Waals surface area contributed by atoms with Gasteiger partial charge in [0, 0.05) is 38.3 Å². The molecule has 198 valence electrons. The van der Waals surface area contributed by atoms with E-state index >= 15 is 0 Å². The number of amides is 2. The van der Waals surface area contributed by atoms with Crippen LogP contribution in [0.1, 0.15) is 56.8 Å². The predicted octanol–water partition coefficient (Wildman–Crippen LogP) is 5.44. The third kappa shape index (κ3) is 6.39. The standard InChI is InChI=1S/C28H30N4O6/c1-5-29(27(33)23-15-19(3)7-13-25(23)31(35)36)17-21-9-11-22(12-10-21)18-30(6-2)28(34)24-16-20(4)8-14-26(24)32(37)38/h7-16H,5-6,17-18H2,1-4H3. The molecule has 0 atom stereocenters. The highest BCUT2D eigenvalue weighted by Gasteiger charge is 2.26. The molecule has 3 aromatic carbocycles. The van der Waals surface area contributed by atoms with Gasteiger partial charge >= 0.3 is 0 Å². The topological polar surface area (TPSA) is 127 Å². The zero-order valence-corrected chi connectivity index (χ0v) is 21.8. The molecule has 38 heavy (non-hydrogen) atoms. The average molecular weight is 519 g/mol. The van der Waals surface area contributed by atoms with Gasteiger partial charge in [-0.2, -0.15) is 0 Å². The highest BCUT2D eigenvalue weighted by atomic mass is 16.6. The molecule has 10 heteroatoms. The van der Waals surface area contributed by atoms with E-state index < -0.39 is 21.7 Å². The summed E-state index contributed by atoms with van der Waals surface area (Å²) in [6, 6.07) is 16.3. The summed E-state index contributed by atoms with van der Waals surface area (Å²) < 4.78 is 0. The lowest BCUT2D eigenvalue weighted by molar-refractivity contribution is -0.385. The van der Waals surface area contributed by atoms with Gasteiger partial charge in [0.2, 0.25) is 0 Å². The quantitative estimate of drug-likeness (QED) is 0.260. The summed E-state index contributed by atoms with van der Waals surface area (Å²) in [6.07, 6.45) is 0. The van der Waals surface area contributed by atoms with Crippen molar-refractivity contribution in [1.82, 2.24) is 9.80 Å². The summed E-state index contributed by atoms with van der Waals surface area (Å²) >= 11 is 0. The van der Waals surface area contributed by atoms with Crippen LogP contribution in [0.15, 0.2) is 60.7 Å². The first-order valence-electron chi connectivity index (χ1n) is 12.2. The van der Waals surface area contributed by atoms with Crippen molar-refractivity contribution in [3.8, 4) is 0 Å². The van der Waals surface area contributed by atoms with E-state index in [1.807, 2.05) is 38.1 Å². The second kappa shape index (κ2) is 12.1. The van der Waals surface area contributed by atoms with Crippen molar-refractivity contribution in [3.05, 3.63) is 114 Å². The number of nitro groups is 2. The molecule has 0 heterocycles. The first-order chi connectivity index (χ1) is 18.0. The Hall–Kier alpha value is -4.60. The van der Waals surface area contributed by atoms with Gasteiger partial charge in [-0.3, -0.25) is 29.8 Å². The maximum absolute atomic E-state index is 13.1. The lowest BCUT2D eigenvalue weighted by atomic mass is 10.1. The Morgan fingerprint density at radius 1 is 0.658 bits per heavy atom. The van der Waals surface area contributed by atoms with Crippen LogP contribution < -0.4 is 0 Å². The van der Waals surface area contributed by atoms with Gasteiger partial charge in [0.05, 0.1) is 9.85 Å². The smallest absolute Gasteiger partial charge is 0.282 e. The normalized spacial score (nSPS) is 10.6. The van der Waals surface area contributed by atoms with Crippen LogP contribution in [0, 0.1) is 34.1 Å². The summed E-state index contributed by atoms with van der Waals surface area (Å²) in [6.45, 7) is 8.40. The van der Waals surface area contributed by atoms with Crippen LogP contribution in [0.25, 0.3) is 0 Å². The number of hydrogen-bond donors (Lipinski definition) is 0. The van der Waals surface area contributed by atoms with E-state index in [0.717, 1.165) is 22.3 Å². The number of nitro benzene ring substituents is 2. The van der Waals surface area contributed by atoms with E-state index in [4.69, 9.17) is 0 Å². The Kier molecular flexibility index (Phi) is 8.90. The van der Waals surface area contributed by atoms with Crippen LogP contribution in [0.4, 0.5) is 11.4 Å². The monoisotopic (exact) mass is 518 g/mol. The van der Waals surface area contributed by atoms with Crippen molar-refractivity contribution in [2.24, 2.45) is 0 Å². The second-order valence-corrected chi connectivity index (χ2v) is 9.01. The number of rotatable bonds is 10. The number of nitrogens with zero attached hydrogens (tertiary/aromatic N) is 4. The zero-order chi connectivity index (χ0) is 28.0. The molecule has 3 rings (SSSR count). The molecule has 0 saturated carbocycles. The van der Waals surface area contributed by atoms with Gasteiger partial charge in [-0.25, -0.2) is 0 Å². The fourth-order valence-electron chi connectivity index (χ4n) is 4.15. The lowest BCUT2D eigenvalue weighted by Crippen LogP contribution is -2.31. The fraction of sp³-hybridized carbons (Fsp3) is 0.286. The Morgan fingerprint density at radius 3 is 1.29 bits per heavy atom. The second-order valence-electron chi connectivity index (χ2n) is 9.01. The summed E-state index contributed by atoms with van der Waals surface area (Å²) in [7, 11) is 0. The molecule has 0 aliphatic rings. The van der Waals surface area contributed by atoms with Gasteiger partial charge in [-0.15, -0.1) is 0 Å². The molecule has 0 aromatic heterocycles. The van der Waals surface area contributed by atoms with E-state index in [1.54, 1.807) is 26.0 Å². The third-order valence-corrected chi connectivity index (χ3v) is 6.27. The summed E-state index contributed by atoms with van der Waals surface area (Å²) in [5.74, 6) is -0.844. The van der Waals surface area contributed by atoms with E-state index in [-0.39, 0.29) is 35.6 Å². The highest BCUT2D eigenvalue weighted by molar-refractivity contribution is 5.99. The number of aryl methyl sites for hydroxylation is 2. The van der Waals surface area contributed by atoms with E-state index in [2.05, 4.69) is 0 Å². The maximum Gasteiger partial charge on any atom is 0.282 e. The van der Waals surface area contributed by atoms with Gasteiger partial charge in [-0.1, -0.05) is 36.4 Å². The molecule has 10 nitrogen and oxygen atoms in total. The number of carbonyl (C=O) groups is 2. The minimum absolute atomic E-state index is 0.0517. The lowest BCUT2D eigenvalue weighted by Gasteiger charge is -2.23. The van der Waals surface area contributed by atoms with Crippen LogP contribution in [-0.4, -0.2) is 44.6 Å². The Morgan fingerprint density at radius 2 is 1.00 bits per heavy atom. The Bertz CT molecular complexity index is 1270. The van der Waals surface area contributed by atoms with Gasteiger partial charge < -0.3 is 9.80 Å². The zero-order valence-electron chi connectivity index (χ0n) is 21.8. The minimum atomic E-state index is -0.554. The van der Waals surface area contributed by atoms with Crippen molar-refractivity contribution in [3.63, 3.8) is 0 Å². The molecule has 0 aliphatic heterocycles. The molecule has 0 N–H and O–H groups in total. The molecule has 0 bridgehead atoms. The minimum Gasteiger partial charge on any atom is -0.334 e. The van der Waals surface area contributed by atoms with E-state index in [1.165, 1.54) is 34.1 Å². The maximum atomic E-state index is 13.1. The Labute approximate surface area is 220 Å². The molecular weight excluding hydrogens is 488 g/mol. The highest BCUT2D eigenvalue weighted by Crippen LogP contribution is 2.24. The molecule has 3 aromatic rings. The van der Waals surface area contributed by atoms with Crippen LogP contribution in [0.5, 0.6) is 0 Å². The fourth-order valence-corrected chi connectivity index (χ4v) is 4.15. The van der Waals surface area contributed by atoms with Crippen LogP contribution in [0.3, 0.4) is 0 Å². The van der Waals surface area contributed by atoms with E-state index in [9.17, 15) is 29.8 Å². The largest absolute Gasteiger partial charge is 0.334 e. The molecule has 2 amide bonds. The third-order valence-electron chi connectivity index (χ3n) is 6.27. The molecule has 0 saturated heterocycles. The van der Waals surface area contributed by atoms with Crippen molar-refractivity contribution < 1.29 is 19.4 Å². The van der Waals surface area contributed by atoms with E-state index in [0.29, 0.717) is 13.1 Å². The predicted molar refractivity (Wildman–Crippen MR) is 143 cm³/mol. The average Bonchev–Trinajstić information content (AvgIpc) is 2.89. The van der Waals surface area contributed by atoms with Crippen LogP contribution >= 0.6 is 0 Å². The van der Waals surface area contributed by atoms with Gasteiger partial charge in [0.15, 0.2) is 0 Å². The SMILES string of the molecule is CCN(Cc1ccc(CN(CC)C(=O)c2cc(C)ccc2[N+](=O)[O-])cc1)C(=O)c1cc(C)ccc1[N+](=O)[O-]. The first kappa shape index (κ1) is 28.0. The van der Waals surface area contributed by atoms with Gasteiger partial charge in [0.25, 0.3) is 23.2 Å². The number of carbonyl (C=O) groups excluding carboxylic acids is 2. The molecule has 0 aliphatic carbocycles. The first-order valence-corrected chi connectivity index (χ1v) is 12.2. The van der Waals surface area contributed by atoms with Crippen molar-refractivity contribution in [2.45, 2.75) is 40.8 Å². The van der Waals surface area contributed by atoms with Crippen molar-refractivity contribution in [1.29, 1.82) is 0 Å².